The van der Waals surface area contributed by atoms with Crippen molar-refractivity contribution in [2.24, 2.45) is 0 Å². The molecule has 0 saturated heterocycles. The van der Waals surface area contributed by atoms with Crippen LogP contribution in [0.5, 0.6) is 0 Å². The molecule has 0 rings (SSSR count). The third kappa shape index (κ3) is 3.06. The molecule has 12 heavy (non-hydrogen) atoms. The minimum absolute atomic E-state index is 0.882. The van der Waals surface area contributed by atoms with Crippen molar-refractivity contribution in [2.75, 3.05) is 5.75 Å². The molecule has 0 N–H and O–H groups in total. The first-order chi connectivity index (χ1) is 5.54. The summed E-state index contributed by atoms with van der Waals surface area (Å²) in [6.45, 7) is 10.9. The highest BCUT2D eigenvalue weighted by Crippen LogP contribution is 2.20. The molecule has 0 heterocycles. The molecule has 0 unspecified atom stereocenters. The molecule has 0 fully saturated rings. The Morgan fingerprint density at radius 3 is 1.75 bits per heavy atom. The molecule has 0 aromatic carbocycles. The zero-order valence-corrected chi connectivity index (χ0v) is 9.76. The van der Waals surface area contributed by atoms with E-state index in [1.54, 1.807) is 0 Å². The van der Waals surface area contributed by atoms with Crippen molar-refractivity contribution in [3.05, 3.63) is 22.3 Å². The molecule has 0 aliphatic rings. The van der Waals surface area contributed by atoms with Gasteiger partial charge < -0.3 is 0 Å². The van der Waals surface area contributed by atoms with Gasteiger partial charge in [0.1, 0.15) is 0 Å². The summed E-state index contributed by atoms with van der Waals surface area (Å²) in [6, 6.07) is 0. The lowest BCUT2D eigenvalue weighted by Gasteiger charge is -2.10. The zero-order valence-electron chi connectivity index (χ0n) is 8.86. The van der Waals surface area contributed by atoms with E-state index in [9.17, 15) is 0 Å². The predicted molar refractivity (Wildman–Crippen MR) is 60.9 cm³/mol. The highest BCUT2D eigenvalue weighted by atomic mass is 32.1. The molecule has 0 saturated carbocycles. The summed E-state index contributed by atoms with van der Waals surface area (Å²) in [6.07, 6.45) is 1.11. The summed E-state index contributed by atoms with van der Waals surface area (Å²) < 4.78 is 0. The maximum atomic E-state index is 4.32. The lowest BCUT2D eigenvalue weighted by Crippen LogP contribution is -1.92. The number of thiol groups is 1. The summed E-state index contributed by atoms with van der Waals surface area (Å²) >= 11 is 4.32. The largest absolute Gasteiger partial charge is 0.175 e. The Bertz CT molecular complexity index is 199. The van der Waals surface area contributed by atoms with Crippen LogP contribution in [0.3, 0.4) is 0 Å². The van der Waals surface area contributed by atoms with Gasteiger partial charge >= 0.3 is 0 Å². The third-order valence-corrected chi connectivity index (χ3v) is 2.84. The number of rotatable bonds is 3. The van der Waals surface area contributed by atoms with E-state index in [2.05, 4.69) is 47.2 Å². The SMILES string of the molecule is CC/C(CS)=C(\C)C(C)=C(C)C. The average molecular weight is 184 g/mol. The summed E-state index contributed by atoms with van der Waals surface area (Å²) in [7, 11) is 0. The van der Waals surface area contributed by atoms with Crippen molar-refractivity contribution in [2.45, 2.75) is 41.0 Å². The summed E-state index contributed by atoms with van der Waals surface area (Å²) in [5.41, 5.74) is 5.70. The van der Waals surface area contributed by atoms with E-state index in [0.717, 1.165) is 12.2 Å². The van der Waals surface area contributed by atoms with Crippen LogP contribution in [-0.4, -0.2) is 5.75 Å². The van der Waals surface area contributed by atoms with Gasteiger partial charge in [-0.1, -0.05) is 18.1 Å². The molecule has 0 amide bonds. The molecule has 0 aromatic rings. The standard InChI is InChI=1S/C11H20S/c1-6-11(7-12)10(5)9(4)8(2)3/h12H,6-7H2,1-5H3/b11-10-. The van der Waals surface area contributed by atoms with Gasteiger partial charge in [-0.3, -0.25) is 0 Å². The Hall–Kier alpha value is -0.170. The lowest BCUT2D eigenvalue weighted by atomic mass is 9.99. The van der Waals surface area contributed by atoms with E-state index in [4.69, 9.17) is 0 Å². The van der Waals surface area contributed by atoms with E-state index in [1.165, 1.54) is 22.3 Å². The molecule has 0 radical (unpaired) electrons. The van der Waals surface area contributed by atoms with Crippen LogP contribution < -0.4 is 0 Å². The van der Waals surface area contributed by atoms with Crippen molar-refractivity contribution in [3.63, 3.8) is 0 Å². The number of hydrogen-bond acceptors (Lipinski definition) is 1. The van der Waals surface area contributed by atoms with Crippen LogP contribution in [0.4, 0.5) is 0 Å². The van der Waals surface area contributed by atoms with Crippen LogP contribution in [0.2, 0.25) is 0 Å². The van der Waals surface area contributed by atoms with Gasteiger partial charge in [-0.2, -0.15) is 12.6 Å². The molecule has 0 spiro atoms. The van der Waals surface area contributed by atoms with E-state index in [1.807, 2.05) is 0 Å². The Morgan fingerprint density at radius 1 is 1.00 bits per heavy atom. The molecule has 0 bridgehead atoms. The Balaban J connectivity index is 4.88. The van der Waals surface area contributed by atoms with Gasteiger partial charge in [0.2, 0.25) is 0 Å². The molecule has 0 aliphatic heterocycles. The predicted octanol–water partition coefficient (Wildman–Crippen LogP) is 4.00. The van der Waals surface area contributed by atoms with E-state index in [-0.39, 0.29) is 0 Å². The van der Waals surface area contributed by atoms with Crippen molar-refractivity contribution in [1.82, 2.24) is 0 Å². The maximum Gasteiger partial charge on any atom is 0.0118 e. The van der Waals surface area contributed by atoms with E-state index >= 15 is 0 Å². The van der Waals surface area contributed by atoms with Crippen molar-refractivity contribution < 1.29 is 0 Å². The van der Waals surface area contributed by atoms with Gasteiger partial charge in [-0.05, 0) is 45.3 Å². The second-order valence-electron chi connectivity index (χ2n) is 3.37. The fourth-order valence-electron chi connectivity index (χ4n) is 1.14. The second-order valence-corrected chi connectivity index (χ2v) is 3.68. The third-order valence-electron chi connectivity index (χ3n) is 2.46. The Labute approximate surface area is 82.2 Å². The molecule has 1 heteroatoms. The minimum atomic E-state index is 0.882. The van der Waals surface area contributed by atoms with Crippen LogP contribution in [0, 0.1) is 0 Å². The maximum absolute atomic E-state index is 4.32. The normalized spacial score (nSPS) is 12.5. The fraction of sp³-hybridized carbons (Fsp3) is 0.636. The minimum Gasteiger partial charge on any atom is -0.175 e. The highest BCUT2D eigenvalue weighted by Gasteiger charge is 2.01. The molecular formula is C11H20S. The first kappa shape index (κ1) is 11.8. The second kappa shape index (κ2) is 5.47. The number of allylic oxidation sites excluding steroid dienone is 3. The average Bonchev–Trinajstić information content (AvgIpc) is 2.05. The van der Waals surface area contributed by atoms with Crippen LogP contribution in [0.1, 0.15) is 41.0 Å². The van der Waals surface area contributed by atoms with Crippen LogP contribution >= 0.6 is 12.6 Å². The van der Waals surface area contributed by atoms with Crippen LogP contribution in [-0.2, 0) is 0 Å². The molecule has 0 atom stereocenters. The Morgan fingerprint density at radius 2 is 1.50 bits per heavy atom. The van der Waals surface area contributed by atoms with Crippen molar-refractivity contribution in [3.8, 4) is 0 Å². The topological polar surface area (TPSA) is 0 Å². The van der Waals surface area contributed by atoms with Gasteiger partial charge in [-0.25, -0.2) is 0 Å². The smallest absolute Gasteiger partial charge is 0.0118 e. The molecule has 0 aromatic heterocycles. The molecule has 70 valence electrons. The van der Waals surface area contributed by atoms with Crippen LogP contribution in [0.25, 0.3) is 0 Å². The van der Waals surface area contributed by atoms with E-state index < -0.39 is 0 Å². The van der Waals surface area contributed by atoms with Gasteiger partial charge in [0.25, 0.3) is 0 Å². The van der Waals surface area contributed by atoms with Crippen molar-refractivity contribution >= 4 is 12.6 Å². The molecule has 0 nitrogen and oxygen atoms in total. The molecular weight excluding hydrogens is 164 g/mol. The number of hydrogen-bond donors (Lipinski definition) is 1. The van der Waals surface area contributed by atoms with E-state index in [0.29, 0.717) is 0 Å². The van der Waals surface area contributed by atoms with Crippen molar-refractivity contribution in [1.29, 1.82) is 0 Å². The lowest BCUT2D eigenvalue weighted by molar-refractivity contribution is 1.05. The Kier molecular flexibility index (Phi) is 5.39. The summed E-state index contributed by atoms with van der Waals surface area (Å²) in [5, 5.41) is 0. The van der Waals surface area contributed by atoms with Gasteiger partial charge in [-0.15, -0.1) is 0 Å². The van der Waals surface area contributed by atoms with Crippen LogP contribution in [0.15, 0.2) is 22.3 Å². The quantitative estimate of drug-likeness (QED) is 0.497. The van der Waals surface area contributed by atoms with Gasteiger partial charge in [0.05, 0.1) is 0 Å². The summed E-state index contributed by atoms with van der Waals surface area (Å²) in [5.74, 6) is 0.882. The van der Waals surface area contributed by atoms with Gasteiger partial charge in [0, 0.05) is 5.75 Å². The fourth-order valence-corrected chi connectivity index (χ4v) is 1.60. The zero-order chi connectivity index (χ0) is 9.72. The first-order valence-electron chi connectivity index (χ1n) is 4.48. The molecule has 0 aliphatic carbocycles. The first-order valence-corrected chi connectivity index (χ1v) is 5.11. The monoisotopic (exact) mass is 184 g/mol. The summed E-state index contributed by atoms with van der Waals surface area (Å²) in [4.78, 5) is 0. The highest BCUT2D eigenvalue weighted by molar-refractivity contribution is 7.80. The van der Waals surface area contributed by atoms with Gasteiger partial charge in [0.15, 0.2) is 0 Å².